The third kappa shape index (κ3) is 5.82. The number of carbonyl (C=O) groups is 1. The van der Waals surface area contributed by atoms with Crippen LogP contribution in [-0.4, -0.2) is 33.6 Å². The van der Waals surface area contributed by atoms with Crippen LogP contribution in [0.2, 0.25) is 0 Å². The van der Waals surface area contributed by atoms with Gasteiger partial charge in [-0.1, -0.05) is 6.07 Å². The molecule has 0 bridgehead atoms. The summed E-state index contributed by atoms with van der Waals surface area (Å²) in [4.78, 5) is 12.3. The van der Waals surface area contributed by atoms with Gasteiger partial charge >= 0.3 is 0 Å². The van der Waals surface area contributed by atoms with Gasteiger partial charge in [-0.15, -0.1) is 0 Å². The minimum absolute atomic E-state index is 0.145. The highest BCUT2D eigenvalue weighted by atomic mass is 32.2. The van der Waals surface area contributed by atoms with Crippen LogP contribution in [0.5, 0.6) is 11.5 Å². The third-order valence-corrected chi connectivity index (χ3v) is 5.70. The van der Waals surface area contributed by atoms with Crippen LogP contribution in [0.4, 0.5) is 5.69 Å². The predicted molar refractivity (Wildman–Crippen MR) is 112 cm³/mol. The maximum atomic E-state index is 12.2. The molecule has 2 aromatic rings. The van der Waals surface area contributed by atoms with Gasteiger partial charge in [-0.3, -0.25) is 4.79 Å². The summed E-state index contributed by atoms with van der Waals surface area (Å²) in [5.74, 6) is 1.04. The molecule has 1 heterocycles. The molecule has 154 valence electrons. The zero-order valence-corrected chi connectivity index (χ0v) is 17.2. The largest absolute Gasteiger partial charge is 0.490 e. The van der Waals surface area contributed by atoms with Crippen molar-refractivity contribution in [3.05, 3.63) is 54.1 Å². The molecule has 1 aliphatic rings. The molecule has 7 nitrogen and oxygen atoms in total. The minimum Gasteiger partial charge on any atom is -0.490 e. The molecule has 3 rings (SSSR count). The lowest BCUT2D eigenvalue weighted by Gasteiger charge is -2.10. The number of amides is 1. The number of hydrogen-bond acceptors (Lipinski definition) is 5. The third-order valence-electron chi connectivity index (χ3n) is 4.02. The van der Waals surface area contributed by atoms with Crippen LogP contribution in [0.15, 0.2) is 53.4 Å². The van der Waals surface area contributed by atoms with Gasteiger partial charge in [0.2, 0.25) is 15.9 Å². The Labute approximate surface area is 170 Å². The van der Waals surface area contributed by atoms with E-state index in [0.717, 1.165) is 12.0 Å². The Morgan fingerprint density at radius 2 is 1.72 bits per heavy atom. The van der Waals surface area contributed by atoms with Gasteiger partial charge in [-0.25, -0.2) is 13.1 Å². The Balaban J connectivity index is 1.63. The number of rotatable bonds is 6. The average Bonchev–Trinajstić information content (AvgIpc) is 2.91. The molecular weight excluding hydrogens is 392 g/mol. The van der Waals surface area contributed by atoms with Crippen LogP contribution in [-0.2, 0) is 14.8 Å². The standard InChI is InChI=1S/C21H24N2O5S/c1-15(2)23-29(25,26)18-8-6-17(7-9-18)22-21(24)11-5-16-4-10-19-20(14-16)28-13-3-12-27-19/h4-11,14-15,23H,3,12-13H2,1-2H3,(H,22,24)/b11-5+. The van der Waals surface area contributed by atoms with Gasteiger partial charge in [0.1, 0.15) is 0 Å². The Kier molecular flexibility index (Phi) is 6.56. The lowest BCUT2D eigenvalue weighted by molar-refractivity contribution is -0.111. The summed E-state index contributed by atoms with van der Waals surface area (Å²) in [5, 5.41) is 2.71. The van der Waals surface area contributed by atoms with Gasteiger partial charge < -0.3 is 14.8 Å². The summed E-state index contributed by atoms with van der Waals surface area (Å²) in [7, 11) is -3.56. The first-order valence-corrected chi connectivity index (χ1v) is 10.8. The van der Waals surface area contributed by atoms with Gasteiger partial charge in [0.05, 0.1) is 18.1 Å². The fourth-order valence-electron chi connectivity index (χ4n) is 2.74. The van der Waals surface area contributed by atoms with Crippen molar-refractivity contribution in [2.45, 2.75) is 31.2 Å². The fourth-order valence-corrected chi connectivity index (χ4v) is 3.99. The Morgan fingerprint density at radius 1 is 1.03 bits per heavy atom. The first-order valence-electron chi connectivity index (χ1n) is 9.34. The second-order valence-electron chi connectivity index (χ2n) is 6.88. The van der Waals surface area contributed by atoms with E-state index in [1.54, 1.807) is 32.1 Å². The minimum atomic E-state index is -3.56. The SMILES string of the molecule is CC(C)NS(=O)(=O)c1ccc(NC(=O)/C=C/c2ccc3c(c2)OCCCO3)cc1. The molecular formula is C21H24N2O5S. The number of anilines is 1. The predicted octanol–water partition coefficient (Wildman–Crippen LogP) is 3.19. The molecule has 0 saturated carbocycles. The van der Waals surface area contributed by atoms with Crippen molar-refractivity contribution in [3.8, 4) is 11.5 Å². The number of benzene rings is 2. The van der Waals surface area contributed by atoms with Crippen LogP contribution in [0, 0.1) is 0 Å². The van der Waals surface area contributed by atoms with Crippen LogP contribution in [0.25, 0.3) is 6.08 Å². The number of nitrogens with one attached hydrogen (secondary N) is 2. The molecule has 0 fully saturated rings. The molecule has 0 saturated heterocycles. The van der Waals surface area contributed by atoms with E-state index in [-0.39, 0.29) is 16.8 Å². The topological polar surface area (TPSA) is 93.7 Å². The van der Waals surface area contributed by atoms with E-state index < -0.39 is 10.0 Å². The van der Waals surface area contributed by atoms with Gasteiger partial charge in [0.25, 0.3) is 0 Å². The van der Waals surface area contributed by atoms with Gasteiger partial charge in [-0.05, 0) is 61.9 Å². The fraction of sp³-hybridized carbons (Fsp3) is 0.286. The number of carbonyl (C=O) groups excluding carboxylic acids is 1. The van der Waals surface area contributed by atoms with Crippen molar-refractivity contribution in [2.75, 3.05) is 18.5 Å². The molecule has 0 radical (unpaired) electrons. The van der Waals surface area contributed by atoms with Crippen molar-refractivity contribution in [1.82, 2.24) is 4.72 Å². The lowest BCUT2D eigenvalue weighted by Crippen LogP contribution is -2.30. The van der Waals surface area contributed by atoms with E-state index in [9.17, 15) is 13.2 Å². The molecule has 1 aliphatic heterocycles. The monoisotopic (exact) mass is 416 g/mol. The maximum Gasteiger partial charge on any atom is 0.248 e. The highest BCUT2D eigenvalue weighted by Gasteiger charge is 2.15. The van der Waals surface area contributed by atoms with Crippen molar-refractivity contribution in [1.29, 1.82) is 0 Å². The number of hydrogen-bond donors (Lipinski definition) is 2. The average molecular weight is 416 g/mol. The maximum absolute atomic E-state index is 12.2. The van der Waals surface area contributed by atoms with Crippen molar-refractivity contribution in [3.63, 3.8) is 0 Å². The molecule has 0 unspecified atom stereocenters. The summed E-state index contributed by atoms with van der Waals surface area (Å²) in [6, 6.07) is 11.3. The first kappa shape index (κ1) is 20.9. The highest BCUT2D eigenvalue weighted by molar-refractivity contribution is 7.89. The lowest BCUT2D eigenvalue weighted by atomic mass is 10.2. The van der Waals surface area contributed by atoms with E-state index in [2.05, 4.69) is 10.0 Å². The van der Waals surface area contributed by atoms with Gasteiger partial charge in [0.15, 0.2) is 11.5 Å². The second-order valence-corrected chi connectivity index (χ2v) is 8.59. The van der Waals surface area contributed by atoms with Crippen LogP contribution < -0.4 is 19.5 Å². The van der Waals surface area contributed by atoms with Crippen molar-refractivity contribution < 1.29 is 22.7 Å². The summed E-state index contributed by atoms with van der Waals surface area (Å²) >= 11 is 0. The molecule has 2 N–H and O–H groups in total. The zero-order valence-electron chi connectivity index (χ0n) is 16.3. The molecule has 0 aromatic heterocycles. The highest BCUT2D eigenvalue weighted by Crippen LogP contribution is 2.30. The van der Waals surface area contributed by atoms with E-state index in [0.29, 0.717) is 30.4 Å². The molecule has 29 heavy (non-hydrogen) atoms. The summed E-state index contributed by atoms with van der Waals surface area (Å²) < 4.78 is 38.0. The molecule has 8 heteroatoms. The van der Waals surface area contributed by atoms with Gasteiger partial charge in [-0.2, -0.15) is 0 Å². The van der Waals surface area contributed by atoms with Crippen molar-refractivity contribution in [2.24, 2.45) is 0 Å². The second kappa shape index (κ2) is 9.11. The van der Waals surface area contributed by atoms with Crippen LogP contribution in [0.1, 0.15) is 25.8 Å². The molecule has 0 aliphatic carbocycles. The van der Waals surface area contributed by atoms with Crippen molar-refractivity contribution >= 4 is 27.7 Å². The Hall–Kier alpha value is -2.84. The van der Waals surface area contributed by atoms with Crippen LogP contribution in [0.3, 0.4) is 0 Å². The number of fused-ring (bicyclic) bond motifs is 1. The van der Waals surface area contributed by atoms with Crippen LogP contribution >= 0.6 is 0 Å². The number of sulfonamides is 1. The van der Waals surface area contributed by atoms with E-state index in [4.69, 9.17) is 9.47 Å². The van der Waals surface area contributed by atoms with E-state index in [1.165, 1.54) is 18.2 Å². The van der Waals surface area contributed by atoms with E-state index in [1.807, 2.05) is 18.2 Å². The Morgan fingerprint density at radius 3 is 2.41 bits per heavy atom. The number of ether oxygens (including phenoxy) is 2. The molecule has 2 aromatic carbocycles. The first-order chi connectivity index (χ1) is 13.8. The molecule has 0 atom stereocenters. The molecule has 1 amide bonds. The zero-order chi connectivity index (χ0) is 20.9. The van der Waals surface area contributed by atoms with Gasteiger partial charge in [0, 0.05) is 24.2 Å². The smallest absolute Gasteiger partial charge is 0.248 e. The normalized spacial score (nSPS) is 14.0. The Bertz CT molecular complexity index is 998. The molecule has 0 spiro atoms. The summed E-state index contributed by atoms with van der Waals surface area (Å²) in [6.07, 6.45) is 3.91. The summed E-state index contributed by atoms with van der Waals surface area (Å²) in [5.41, 5.74) is 1.31. The quantitative estimate of drug-likeness (QED) is 0.706. The summed E-state index contributed by atoms with van der Waals surface area (Å²) in [6.45, 7) is 4.72. The van der Waals surface area contributed by atoms with E-state index >= 15 is 0 Å².